The van der Waals surface area contributed by atoms with Crippen LogP contribution in [0.2, 0.25) is 5.02 Å². The van der Waals surface area contributed by atoms with Gasteiger partial charge in [-0.15, -0.1) is 0 Å². The summed E-state index contributed by atoms with van der Waals surface area (Å²) in [5, 5.41) is 13.9. The number of nitriles is 1. The van der Waals surface area contributed by atoms with Crippen molar-refractivity contribution in [3.05, 3.63) is 81.0 Å². The Labute approximate surface area is 193 Å². The number of nitrogen functional groups attached to an aromatic ring is 2. The SMILES string of the molecule is CC[C@H](Nc1nc(N)nc(N)c1C#N)c1cc2cccc(Cl)c2c(=O)n1-c1cccc(F)c1. The van der Waals surface area contributed by atoms with Crippen molar-refractivity contribution in [2.45, 2.75) is 19.4 Å². The first-order chi connectivity index (χ1) is 15.8. The van der Waals surface area contributed by atoms with Gasteiger partial charge in [0.2, 0.25) is 5.95 Å². The Morgan fingerprint density at radius 2 is 1.97 bits per heavy atom. The standard InChI is InChI=1S/C23H19ClFN7O/c1-2-17(29-21-15(11-26)20(27)30-23(28)31-21)18-9-12-5-3-8-16(24)19(12)22(33)32(18)14-7-4-6-13(25)10-14/h3-10,17H,2H2,1H3,(H5,27,28,29,30,31)/t17-/m0/s1. The number of hydrogen-bond acceptors (Lipinski definition) is 7. The third-order valence-electron chi connectivity index (χ3n) is 5.23. The molecule has 33 heavy (non-hydrogen) atoms. The predicted molar refractivity (Wildman–Crippen MR) is 127 cm³/mol. The first-order valence-electron chi connectivity index (χ1n) is 10.0. The summed E-state index contributed by atoms with van der Waals surface area (Å²) in [6, 6.07) is 14.1. The normalized spacial score (nSPS) is 11.8. The Morgan fingerprint density at radius 1 is 1.21 bits per heavy atom. The zero-order chi connectivity index (χ0) is 23.7. The lowest BCUT2D eigenvalue weighted by Gasteiger charge is -2.24. The number of hydrogen-bond donors (Lipinski definition) is 3. The van der Waals surface area contributed by atoms with E-state index >= 15 is 0 Å². The van der Waals surface area contributed by atoms with Crippen molar-refractivity contribution in [3.63, 3.8) is 0 Å². The number of anilines is 3. The maximum Gasteiger partial charge on any atom is 0.264 e. The van der Waals surface area contributed by atoms with E-state index in [1.54, 1.807) is 30.3 Å². The Bertz CT molecular complexity index is 1480. The van der Waals surface area contributed by atoms with Crippen LogP contribution in [0.4, 0.5) is 22.0 Å². The molecular formula is C23H19ClFN7O. The number of benzene rings is 2. The lowest BCUT2D eigenvalue weighted by molar-refractivity contribution is 0.624. The van der Waals surface area contributed by atoms with Gasteiger partial charge in [-0.1, -0.05) is 36.7 Å². The van der Waals surface area contributed by atoms with Crippen molar-refractivity contribution in [1.82, 2.24) is 14.5 Å². The molecule has 1 atom stereocenters. The van der Waals surface area contributed by atoms with E-state index in [0.29, 0.717) is 33.6 Å². The van der Waals surface area contributed by atoms with Crippen molar-refractivity contribution in [1.29, 1.82) is 5.26 Å². The second-order valence-electron chi connectivity index (χ2n) is 7.30. The fourth-order valence-corrected chi connectivity index (χ4v) is 4.00. The zero-order valence-electron chi connectivity index (χ0n) is 17.5. The molecule has 5 N–H and O–H groups in total. The largest absolute Gasteiger partial charge is 0.382 e. The Balaban J connectivity index is 1.99. The number of nitrogens with two attached hydrogens (primary N) is 2. The molecule has 166 valence electrons. The third kappa shape index (κ3) is 4.04. The summed E-state index contributed by atoms with van der Waals surface area (Å²) in [5.74, 6) is -0.514. The van der Waals surface area contributed by atoms with Gasteiger partial charge in [-0.2, -0.15) is 15.2 Å². The highest BCUT2D eigenvalue weighted by Crippen LogP contribution is 2.30. The minimum absolute atomic E-state index is 0.0335. The van der Waals surface area contributed by atoms with Gasteiger partial charge in [0.25, 0.3) is 5.56 Å². The molecule has 0 saturated carbocycles. The van der Waals surface area contributed by atoms with Gasteiger partial charge in [0.1, 0.15) is 23.3 Å². The minimum Gasteiger partial charge on any atom is -0.382 e. The Hall–Kier alpha value is -4.16. The summed E-state index contributed by atoms with van der Waals surface area (Å²) >= 11 is 6.34. The van der Waals surface area contributed by atoms with Crippen LogP contribution in [0.25, 0.3) is 16.5 Å². The molecule has 2 aromatic heterocycles. The van der Waals surface area contributed by atoms with Gasteiger partial charge in [0.05, 0.1) is 22.1 Å². The average Bonchev–Trinajstić information content (AvgIpc) is 2.77. The van der Waals surface area contributed by atoms with E-state index in [0.717, 1.165) is 0 Å². The molecule has 10 heteroatoms. The van der Waals surface area contributed by atoms with Crippen molar-refractivity contribution in [2.75, 3.05) is 16.8 Å². The highest BCUT2D eigenvalue weighted by atomic mass is 35.5. The maximum absolute atomic E-state index is 14.1. The highest BCUT2D eigenvalue weighted by Gasteiger charge is 2.22. The van der Waals surface area contributed by atoms with Crippen LogP contribution in [-0.2, 0) is 0 Å². The molecule has 2 aromatic carbocycles. The second-order valence-corrected chi connectivity index (χ2v) is 7.71. The molecule has 0 amide bonds. The van der Waals surface area contributed by atoms with Gasteiger partial charge in [0, 0.05) is 5.69 Å². The number of fused-ring (bicyclic) bond motifs is 1. The molecule has 0 saturated heterocycles. The smallest absolute Gasteiger partial charge is 0.264 e. The first kappa shape index (κ1) is 22.0. The van der Waals surface area contributed by atoms with E-state index in [2.05, 4.69) is 15.3 Å². The molecule has 2 heterocycles. The van der Waals surface area contributed by atoms with Gasteiger partial charge in [0.15, 0.2) is 5.82 Å². The monoisotopic (exact) mass is 463 g/mol. The van der Waals surface area contributed by atoms with Gasteiger partial charge in [-0.05, 0) is 42.1 Å². The fourth-order valence-electron chi connectivity index (χ4n) is 3.74. The van der Waals surface area contributed by atoms with Crippen LogP contribution in [-0.4, -0.2) is 14.5 Å². The molecule has 0 aliphatic heterocycles. The number of pyridine rings is 1. The van der Waals surface area contributed by atoms with Crippen LogP contribution in [0, 0.1) is 17.1 Å². The number of halogens is 2. The lowest BCUT2D eigenvalue weighted by Crippen LogP contribution is -2.27. The number of nitrogens with one attached hydrogen (secondary N) is 1. The molecular weight excluding hydrogens is 445 g/mol. The molecule has 8 nitrogen and oxygen atoms in total. The van der Waals surface area contributed by atoms with Crippen molar-refractivity contribution >= 4 is 40.0 Å². The van der Waals surface area contributed by atoms with Crippen molar-refractivity contribution < 1.29 is 4.39 Å². The van der Waals surface area contributed by atoms with Crippen LogP contribution < -0.4 is 22.3 Å². The maximum atomic E-state index is 14.1. The lowest BCUT2D eigenvalue weighted by atomic mass is 10.0. The molecule has 0 radical (unpaired) electrons. The van der Waals surface area contributed by atoms with Crippen LogP contribution >= 0.6 is 11.6 Å². The van der Waals surface area contributed by atoms with Crippen molar-refractivity contribution in [2.24, 2.45) is 0 Å². The van der Waals surface area contributed by atoms with E-state index in [-0.39, 0.29) is 23.1 Å². The van der Waals surface area contributed by atoms with Crippen LogP contribution in [0.5, 0.6) is 0 Å². The van der Waals surface area contributed by atoms with Crippen molar-refractivity contribution in [3.8, 4) is 11.8 Å². The Morgan fingerprint density at radius 3 is 2.67 bits per heavy atom. The van der Waals surface area contributed by atoms with Crippen LogP contribution in [0.3, 0.4) is 0 Å². The predicted octanol–water partition coefficient (Wildman–Crippen LogP) is 4.17. The zero-order valence-corrected chi connectivity index (χ0v) is 18.3. The first-order valence-corrected chi connectivity index (χ1v) is 10.4. The molecule has 4 rings (SSSR count). The second kappa shape index (κ2) is 8.76. The Kier molecular flexibility index (Phi) is 5.85. The van der Waals surface area contributed by atoms with E-state index < -0.39 is 17.4 Å². The topological polar surface area (TPSA) is 136 Å². The van der Waals surface area contributed by atoms with Crippen LogP contribution in [0.15, 0.2) is 53.3 Å². The summed E-state index contributed by atoms with van der Waals surface area (Å²) in [6.07, 6.45) is 0.482. The quantitative estimate of drug-likeness (QED) is 0.404. The molecule has 0 aliphatic rings. The third-order valence-corrected chi connectivity index (χ3v) is 5.55. The number of nitrogens with zero attached hydrogens (tertiary/aromatic N) is 4. The van der Waals surface area contributed by atoms with Gasteiger partial charge >= 0.3 is 0 Å². The molecule has 0 fully saturated rings. The fraction of sp³-hybridized carbons (Fsp3) is 0.130. The van der Waals surface area contributed by atoms with Gasteiger partial charge < -0.3 is 16.8 Å². The van der Waals surface area contributed by atoms with E-state index in [4.69, 9.17) is 23.1 Å². The molecule has 0 unspecified atom stereocenters. The summed E-state index contributed by atoms with van der Waals surface area (Å²) < 4.78 is 15.5. The number of rotatable bonds is 5. The summed E-state index contributed by atoms with van der Waals surface area (Å²) in [6.45, 7) is 1.89. The molecule has 0 aliphatic carbocycles. The number of aromatic nitrogens is 3. The molecule has 0 bridgehead atoms. The van der Waals surface area contributed by atoms with E-state index in [9.17, 15) is 14.4 Å². The minimum atomic E-state index is -0.523. The van der Waals surface area contributed by atoms with E-state index in [1.165, 1.54) is 22.8 Å². The summed E-state index contributed by atoms with van der Waals surface area (Å²) in [7, 11) is 0. The van der Waals surface area contributed by atoms with Gasteiger partial charge in [-0.3, -0.25) is 9.36 Å². The van der Waals surface area contributed by atoms with Crippen LogP contribution in [0.1, 0.15) is 30.6 Å². The summed E-state index contributed by atoms with van der Waals surface area (Å²) in [5.41, 5.74) is 12.0. The highest BCUT2D eigenvalue weighted by molar-refractivity contribution is 6.35. The van der Waals surface area contributed by atoms with E-state index in [1.807, 2.05) is 13.0 Å². The summed E-state index contributed by atoms with van der Waals surface area (Å²) in [4.78, 5) is 21.5. The average molecular weight is 464 g/mol. The van der Waals surface area contributed by atoms with Gasteiger partial charge in [-0.25, -0.2) is 4.39 Å². The molecule has 4 aromatic rings. The molecule has 0 spiro atoms.